The van der Waals surface area contributed by atoms with E-state index in [4.69, 9.17) is 5.73 Å². The smallest absolute Gasteiger partial charge is 0.276 e. The minimum Gasteiger partial charge on any atom is -0.504 e. The summed E-state index contributed by atoms with van der Waals surface area (Å²) >= 11 is 1.17. The van der Waals surface area contributed by atoms with E-state index in [2.05, 4.69) is 15.3 Å². The first-order valence-corrected chi connectivity index (χ1v) is 5.63. The van der Waals surface area contributed by atoms with Crippen LogP contribution in [0.25, 0.3) is 0 Å². The average Bonchev–Trinajstić information content (AvgIpc) is 2.70. The topological polar surface area (TPSA) is 101 Å². The number of nitrogens with two attached hydrogens (primary N) is 1. The minimum absolute atomic E-state index is 0.0906. The number of nitrogens with zero attached hydrogens (tertiary/aromatic N) is 2. The number of carbonyl (C=O) groups excluding carboxylic acids is 1. The summed E-state index contributed by atoms with van der Waals surface area (Å²) in [5, 5.41) is 13.8. The SMILES string of the molecule is Cc1ccc(O)c(NC(=O)c2csc(N)n2)n1. The number of anilines is 2. The standard InChI is InChI=1S/C10H10N4O2S/c1-5-2-3-7(15)8(12-5)14-9(16)6-4-17-10(11)13-6/h2-4,15H,1H3,(H2,11,13)(H,12,14,16). The van der Waals surface area contributed by atoms with Gasteiger partial charge in [0.2, 0.25) is 0 Å². The van der Waals surface area contributed by atoms with Gasteiger partial charge in [-0.05, 0) is 19.1 Å². The second-order valence-corrected chi connectivity index (χ2v) is 4.24. The van der Waals surface area contributed by atoms with Crippen molar-refractivity contribution in [2.75, 3.05) is 11.1 Å². The highest BCUT2D eigenvalue weighted by molar-refractivity contribution is 7.13. The fourth-order valence-corrected chi connectivity index (χ4v) is 1.75. The Morgan fingerprint density at radius 1 is 1.47 bits per heavy atom. The predicted molar refractivity (Wildman–Crippen MR) is 65.1 cm³/mol. The predicted octanol–water partition coefficient (Wildman–Crippen LogP) is 1.39. The number of nitrogens with one attached hydrogen (secondary N) is 1. The van der Waals surface area contributed by atoms with Gasteiger partial charge >= 0.3 is 0 Å². The van der Waals surface area contributed by atoms with Crippen LogP contribution in [-0.2, 0) is 0 Å². The maximum absolute atomic E-state index is 11.7. The molecule has 17 heavy (non-hydrogen) atoms. The van der Waals surface area contributed by atoms with Crippen LogP contribution in [0.2, 0.25) is 0 Å². The quantitative estimate of drug-likeness (QED) is 0.747. The zero-order valence-corrected chi connectivity index (χ0v) is 9.78. The molecular formula is C10H10N4O2S. The molecule has 0 spiro atoms. The van der Waals surface area contributed by atoms with Crippen molar-refractivity contribution in [1.82, 2.24) is 9.97 Å². The number of amides is 1. The molecule has 7 heteroatoms. The first-order valence-electron chi connectivity index (χ1n) is 4.75. The van der Waals surface area contributed by atoms with E-state index in [-0.39, 0.29) is 17.3 Å². The van der Waals surface area contributed by atoms with Gasteiger partial charge in [0.25, 0.3) is 5.91 Å². The molecule has 0 fully saturated rings. The number of nitrogen functional groups attached to an aromatic ring is 1. The molecule has 0 aliphatic carbocycles. The van der Waals surface area contributed by atoms with E-state index in [1.807, 2.05) is 0 Å². The van der Waals surface area contributed by atoms with Crippen LogP contribution < -0.4 is 11.1 Å². The average molecular weight is 250 g/mol. The molecule has 1 amide bonds. The number of pyridine rings is 1. The Labute approximate surface area is 101 Å². The maximum Gasteiger partial charge on any atom is 0.276 e. The first kappa shape index (κ1) is 11.3. The van der Waals surface area contributed by atoms with Crippen LogP contribution >= 0.6 is 11.3 Å². The highest BCUT2D eigenvalue weighted by Crippen LogP contribution is 2.21. The molecule has 0 unspecified atom stereocenters. The number of carbonyl (C=O) groups is 1. The Bertz CT molecular complexity index is 567. The van der Waals surface area contributed by atoms with Crippen molar-refractivity contribution in [3.63, 3.8) is 0 Å². The molecule has 2 aromatic rings. The van der Waals surface area contributed by atoms with E-state index in [0.717, 1.165) is 0 Å². The van der Waals surface area contributed by atoms with Gasteiger partial charge in [0.1, 0.15) is 5.69 Å². The lowest BCUT2D eigenvalue weighted by Crippen LogP contribution is -2.13. The van der Waals surface area contributed by atoms with Crippen LogP contribution in [0.1, 0.15) is 16.2 Å². The van der Waals surface area contributed by atoms with E-state index in [1.54, 1.807) is 13.0 Å². The molecule has 0 radical (unpaired) electrons. The Morgan fingerprint density at radius 2 is 2.24 bits per heavy atom. The number of aromatic nitrogens is 2. The molecular weight excluding hydrogens is 240 g/mol. The third-order valence-electron chi connectivity index (χ3n) is 2.00. The first-order chi connectivity index (χ1) is 8.06. The summed E-state index contributed by atoms with van der Waals surface area (Å²) in [7, 11) is 0. The van der Waals surface area contributed by atoms with Crippen LogP contribution in [0.4, 0.5) is 10.9 Å². The molecule has 0 saturated heterocycles. The van der Waals surface area contributed by atoms with Crippen LogP contribution in [0, 0.1) is 6.92 Å². The van der Waals surface area contributed by atoms with Crippen LogP contribution in [0.15, 0.2) is 17.5 Å². The molecule has 4 N–H and O–H groups in total. The third kappa shape index (κ3) is 2.51. The zero-order valence-electron chi connectivity index (χ0n) is 8.97. The summed E-state index contributed by atoms with van der Waals surface area (Å²) < 4.78 is 0. The van der Waals surface area contributed by atoms with Crippen molar-refractivity contribution in [3.8, 4) is 5.75 Å². The summed E-state index contributed by atoms with van der Waals surface area (Å²) in [5.74, 6) is -0.430. The molecule has 6 nitrogen and oxygen atoms in total. The summed E-state index contributed by atoms with van der Waals surface area (Å²) in [6.07, 6.45) is 0. The minimum atomic E-state index is -0.452. The van der Waals surface area contributed by atoms with Gasteiger partial charge in [0.15, 0.2) is 16.7 Å². The molecule has 2 heterocycles. The van der Waals surface area contributed by atoms with Crippen molar-refractivity contribution in [2.45, 2.75) is 6.92 Å². The molecule has 0 saturated carbocycles. The van der Waals surface area contributed by atoms with Crippen LogP contribution in [0.5, 0.6) is 5.75 Å². The molecule has 88 valence electrons. The summed E-state index contributed by atoms with van der Waals surface area (Å²) in [6, 6.07) is 3.11. The number of aromatic hydroxyl groups is 1. The third-order valence-corrected chi connectivity index (χ3v) is 2.67. The number of aryl methyl sites for hydroxylation is 1. The van der Waals surface area contributed by atoms with E-state index >= 15 is 0 Å². The summed E-state index contributed by atoms with van der Waals surface area (Å²) in [5.41, 5.74) is 6.32. The van der Waals surface area contributed by atoms with Gasteiger partial charge in [0, 0.05) is 11.1 Å². The van der Waals surface area contributed by atoms with Crippen molar-refractivity contribution in [1.29, 1.82) is 0 Å². The highest BCUT2D eigenvalue weighted by Gasteiger charge is 2.12. The van der Waals surface area contributed by atoms with E-state index in [1.165, 1.54) is 22.8 Å². The molecule has 0 aliphatic rings. The Balaban J connectivity index is 2.21. The van der Waals surface area contributed by atoms with Crippen LogP contribution in [0.3, 0.4) is 0 Å². The number of thiazole rings is 1. The van der Waals surface area contributed by atoms with Gasteiger partial charge in [-0.25, -0.2) is 9.97 Å². The fraction of sp³-hybridized carbons (Fsp3) is 0.100. The van der Waals surface area contributed by atoms with Gasteiger partial charge in [-0.1, -0.05) is 0 Å². The molecule has 0 aromatic carbocycles. The van der Waals surface area contributed by atoms with Gasteiger partial charge in [0.05, 0.1) is 0 Å². The number of hydrogen-bond donors (Lipinski definition) is 3. The summed E-state index contributed by atoms with van der Waals surface area (Å²) in [4.78, 5) is 19.6. The fourth-order valence-electron chi connectivity index (χ4n) is 1.20. The second-order valence-electron chi connectivity index (χ2n) is 3.35. The van der Waals surface area contributed by atoms with Crippen molar-refractivity contribution < 1.29 is 9.90 Å². The Morgan fingerprint density at radius 3 is 2.88 bits per heavy atom. The Kier molecular flexibility index (Phi) is 2.92. The maximum atomic E-state index is 11.7. The van der Waals surface area contributed by atoms with E-state index in [0.29, 0.717) is 10.8 Å². The van der Waals surface area contributed by atoms with Gasteiger partial charge in [-0.15, -0.1) is 11.3 Å². The van der Waals surface area contributed by atoms with Crippen molar-refractivity contribution in [3.05, 3.63) is 28.9 Å². The second kappa shape index (κ2) is 4.38. The lowest BCUT2D eigenvalue weighted by molar-refractivity contribution is 0.102. The number of rotatable bonds is 2. The number of hydrogen-bond acceptors (Lipinski definition) is 6. The van der Waals surface area contributed by atoms with Gasteiger partial charge < -0.3 is 16.2 Å². The normalized spacial score (nSPS) is 10.2. The zero-order chi connectivity index (χ0) is 12.4. The molecule has 2 rings (SSSR count). The van der Waals surface area contributed by atoms with Gasteiger partial charge in [-0.3, -0.25) is 4.79 Å². The van der Waals surface area contributed by atoms with E-state index < -0.39 is 5.91 Å². The highest BCUT2D eigenvalue weighted by atomic mass is 32.1. The molecule has 0 bridgehead atoms. The summed E-state index contributed by atoms with van der Waals surface area (Å²) in [6.45, 7) is 1.76. The monoisotopic (exact) mass is 250 g/mol. The molecule has 0 atom stereocenters. The van der Waals surface area contributed by atoms with E-state index in [9.17, 15) is 9.90 Å². The van der Waals surface area contributed by atoms with Crippen molar-refractivity contribution in [2.24, 2.45) is 0 Å². The lowest BCUT2D eigenvalue weighted by atomic mass is 10.3. The van der Waals surface area contributed by atoms with Crippen molar-refractivity contribution >= 4 is 28.2 Å². The largest absolute Gasteiger partial charge is 0.504 e. The van der Waals surface area contributed by atoms with Crippen LogP contribution in [-0.4, -0.2) is 21.0 Å². The van der Waals surface area contributed by atoms with Gasteiger partial charge in [-0.2, -0.15) is 0 Å². The Hall–Kier alpha value is -2.15. The lowest BCUT2D eigenvalue weighted by Gasteiger charge is -2.05. The molecule has 0 aliphatic heterocycles. The molecule has 2 aromatic heterocycles.